The Bertz CT molecular complexity index is 811. The number of benzene rings is 2. The largest absolute Gasteiger partial charge is 0.368 e. The van der Waals surface area contributed by atoms with Gasteiger partial charge in [0.2, 0.25) is 10.0 Å². The van der Waals surface area contributed by atoms with E-state index in [4.69, 9.17) is 0 Å². The van der Waals surface area contributed by atoms with Crippen LogP contribution in [0.2, 0.25) is 0 Å². The molecule has 0 radical (unpaired) electrons. The molecule has 0 amide bonds. The number of anilines is 3. The molecule has 1 heterocycles. The Morgan fingerprint density at radius 1 is 0.920 bits per heavy atom. The number of sulfonamides is 1. The first-order valence-corrected chi connectivity index (χ1v) is 10.3. The average molecular weight is 359 g/mol. The first-order valence-electron chi connectivity index (χ1n) is 8.64. The summed E-state index contributed by atoms with van der Waals surface area (Å²) in [5, 5.41) is 0. The molecule has 0 saturated carbocycles. The molecule has 2 aromatic carbocycles. The van der Waals surface area contributed by atoms with Gasteiger partial charge in [-0.25, -0.2) is 8.42 Å². The molecule has 1 saturated heterocycles. The lowest BCUT2D eigenvalue weighted by Crippen LogP contribution is -2.46. The van der Waals surface area contributed by atoms with Crippen molar-refractivity contribution in [1.82, 2.24) is 0 Å². The summed E-state index contributed by atoms with van der Waals surface area (Å²) in [6.45, 7) is 7.61. The van der Waals surface area contributed by atoms with E-state index >= 15 is 0 Å². The zero-order valence-electron chi connectivity index (χ0n) is 14.8. The third-order valence-corrected chi connectivity index (χ3v) is 5.84. The molecule has 1 aliphatic heterocycles. The lowest BCUT2D eigenvalue weighted by molar-refractivity contribution is 0.602. The van der Waals surface area contributed by atoms with Gasteiger partial charge in [-0.3, -0.25) is 4.72 Å². The van der Waals surface area contributed by atoms with Crippen LogP contribution in [-0.2, 0) is 10.0 Å². The lowest BCUT2D eigenvalue weighted by Gasteiger charge is -2.37. The summed E-state index contributed by atoms with van der Waals surface area (Å²) in [6.07, 6.45) is 0. The first kappa shape index (κ1) is 17.6. The van der Waals surface area contributed by atoms with Gasteiger partial charge in [0.1, 0.15) is 0 Å². The fourth-order valence-electron chi connectivity index (χ4n) is 3.04. The predicted octanol–water partition coefficient (Wildman–Crippen LogP) is 3.08. The molecule has 2 aromatic rings. The fraction of sp³-hybridized carbons (Fsp3) is 0.368. The van der Waals surface area contributed by atoms with Crippen LogP contribution in [0.4, 0.5) is 17.1 Å². The summed E-state index contributed by atoms with van der Waals surface area (Å²) in [6, 6.07) is 16.2. The van der Waals surface area contributed by atoms with Crippen LogP contribution in [0.3, 0.4) is 0 Å². The molecular formula is C19H25N3O2S. The van der Waals surface area contributed by atoms with Crippen LogP contribution < -0.4 is 14.5 Å². The predicted molar refractivity (Wildman–Crippen MR) is 105 cm³/mol. The number of piperazine rings is 1. The van der Waals surface area contributed by atoms with E-state index in [1.54, 1.807) is 6.92 Å². The highest BCUT2D eigenvalue weighted by Gasteiger charge is 2.17. The van der Waals surface area contributed by atoms with Gasteiger partial charge in [-0.15, -0.1) is 0 Å². The van der Waals surface area contributed by atoms with Gasteiger partial charge in [0.25, 0.3) is 0 Å². The van der Waals surface area contributed by atoms with Crippen LogP contribution in [0.25, 0.3) is 0 Å². The molecule has 0 unspecified atom stereocenters. The van der Waals surface area contributed by atoms with Crippen molar-refractivity contribution in [3.8, 4) is 0 Å². The van der Waals surface area contributed by atoms with Crippen molar-refractivity contribution in [2.75, 3.05) is 46.5 Å². The Balaban J connectivity index is 1.61. The Kier molecular flexibility index (Phi) is 5.18. The summed E-state index contributed by atoms with van der Waals surface area (Å²) in [4.78, 5) is 4.75. The topological polar surface area (TPSA) is 52.7 Å². The minimum Gasteiger partial charge on any atom is -0.368 e. The highest BCUT2D eigenvalue weighted by Crippen LogP contribution is 2.23. The zero-order chi connectivity index (χ0) is 17.9. The monoisotopic (exact) mass is 359 g/mol. The Hall–Kier alpha value is -2.21. The van der Waals surface area contributed by atoms with E-state index < -0.39 is 10.0 Å². The number of rotatable bonds is 5. The lowest BCUT2D eigenvalue weighted by atomic mass is 10.2. The number of hydrogen-bond donors (Lipinski definition) is 1. The fourth-order valence-corrected chi connectivity index (χ4v) is 3.68. The van der Waals surface area contributed by atoms with Crippen molar-refractivity contribution < 1.29 is 8.42 Å². The van der Waals surface area contributed by atoms with Crippen LogP contribution in [0.5, 0.6) is 0 Å². The van der Waals surface area contributed by atoms with E-state index in [1.807, 2.05) is 24.3 Å². The average Bonchev–Trinajstić information content (AvgIpc) is 2.62. The van der Waals surface area contributed by atoms with Crippen LogP contribution >= 0.6 is 0 Å². The maximum Gasteiger partial charge on any atom is 0.232 e. The summed E-state index contributed by atoms with van der Waals surface area (Å²) in [7, 11) is -3.22. The van der Waals surface area contributed by atoms with Crippen LogP contribution in [0.1, 0.15) is 12.5 Å². The standard InChI is InChI=1S/C19H25N3O2S/c1-3-25(23,24)20-17-7-9-18(10-8-17)21-11-13-22(14-12-21)19-6-4-5-16(2)15-19/h4-10,15,20H,3,11-14H2,1-2H3. The molecule has 1 aliphatic rings. The molecule has 0 aliphatic carbocycles. The third-order valence-electron chi connectivity index (χ3n) is 4.53. The van der Waals surface area contributed by atoms with E-state index in [0.717, 1.165) is 31.9 Å². The molecular weight excluding hydrogens is 334 g/mol. The van der Waals surface area contributed by atoms with Gasteiger partial charge in [0, 0.05) is 43.2 Å². The minimum atomic E-state index is -3.22. The maximum absolute atomic E-state index is 11.6. The van der Waals surface area contributed by atoms with E-state index in [-0.39, 0.29) is 5.75 Å². The van der Waals surface area contributed by atoms with Gasteiger partial charge in [0.15, 0.2) is 0 Å². The van der Waals surface area contributed by atoms with Crippen molar-refractivity contribution in [3.05, 3.63) is 54.1 Å². The van der Waals surface area contributed by atoms with Gasteiger partial charge in [0.05, 0.1) is 5.75 Å². The van der Waals surface area contributed by atoms with Gasteiger partial charge in [-0.05, 0) is 55.8 Å². The quantitative estimate of drug-likeness (QED) is 0.891. The second-order valence-electron chi connectivity index (χ2n) is 6.37. The number of nitrogens with zero attached hydrogens (tertiary/aromatic N) is 2. The van der Waals surface area contributed by atoms with Gasteiger partial charge in [-0.2, -0.15) is 0 Å². The van der Waals surface area contributed by atoms with Crippen molar-refractivity contribution in [3.63, 3.8) is 0 Å². The Morgan fingerprint density at radius 3 is 2.08 bits per heavy atom. The van der Waals surface area contributed by atoms with Crippen LogP contribution in [0, 0.1) is 6.92 Å². The Labute approximate surface area is 150 Å². The van der Waals surface area contributed by atoms with E-state index in [0.29, 0.717) is 5.69 Å². The van der Waals surface area contributed by atoms with Crippen molar-refractivity contribution in [2.24, 2.45) is 0 Å². The zero-order valence-corrected chi connectivity index (χ0v) is 15.6. The molecule has 1 fully saturated rings. The summed E-state index contributed by atoms with van der Waals surface area (Å²) < 4.78 is 25.8. The molecule has 0 bridgehead atoms. The SMILES string of the molecule is CCS(=O)(=O)Nc1ccc(N2CCN(c3cccc(C)c3)CC2)cc1. The van der Waals surface area contributed by atoms with Gasteiger partial charge >= 0.3 is 0 Å². The maximum atomic E-state index is 11.6. The van der Waals surface area contributed by atoms with Crippen LogP contribution in [0.15, 0.2) is 48.5 Å². The second-order valence-corrected chi connectivity index (χ2v) is 8.38. The third kappa shape index (κ3) is 4.45. The van der Waals surface area contributed by atoms with Gasteiger partial charge < -0.3 is 9.80 Å². The first-order chi connectivity index (χ1) is 12.0. The van der Waals surface area contributed by atoms with Crippen molar-refractivity contribution in [1.29, 1.82) is 0 Å². The highest BCUT2D eigenvalue weighted by molar-refractivity contribution is 7.92. The molecule has 0 spiro atoms. The number of nitrogens with one attached hydrogen (secondary N) is 1. The molecule has 134 valence electrons. The van der Waals surface area contributed by atoms with E-state index in [1.165, 1.54) is 11.3 Å². The van der Waals surface area contributed by atoms with Crippen molar-refractivity contribution in [2.45, 2.75) is 13.8 Å². The molecule has 3 rings (SSSR count). The summed E-state index contributed by atoms with van der Waals surface area (Å²) >= 11 is 0. The van der Waals surface area contributed by atoms with Crippen LogP contribution in [-0.4, -0.2) is 40.3 Å². The smallest absolute Gasteiger partial charge is 0.232 e. The minimum absolute atomic E-state index is 0.0790. The Morgan fingerprint density at radius 2 is 1.52 bits per heavy atom. The molecule has 0 aromatic heterocycles. The summed E-state index contributed by atoms with van der Waals surface area (Å²) in [5.74, 6) is 0.0790. The molecule has 0 atom stereocenters. The highest BCUT2D eigenvalue weighted by atomic mass is 32.2. The summed E-state index contributed by atoms with van der Waals surface area (Å²) in [5.41, 5.74) is 4.31. The normalized spacial score (nSPS) is 15.3. The van der Waals surface area contributed by atoms with Crippen molar-refractivity contribution >= 4 is 27.1 Å². The molecule has 1 N–H and O–H groups in total. The number of hydrogen-bond acceptors (Lipinski definition) is 4. The molecule has 25 heavy (non-hydrogen) atoms. The molecule has 5 nitrogen and oxygen atoms in total. The van der Waals surface area contributed by atoms with Gasteiger partial charge in [-0.1, -0.05) is 12.1 Å². The molecule has 6 heteroatoms. The van der Waals surface area contributed by atoms with E-state index in [9.17, 15) is 8.42 Å². The van der Waals surface area contributed by atoms with E-state index in [2.05, 4.69) is 45.7 Å². The second kappa shape index (κ2) is 7.35. The number of aryl methyl sites for hydroxylation is 1.